The molecule has 1 fully saturated rings. The van der Waals surface area contributed by atoms with Gasteiger partial charge < -0.3 is 14.8 Å². The van der Waals surface area contributed by atoms with E-state index in [1.807, 2.05) is 6.07 Å². The van der Waals surface area contributed by atoms with Gasteiger partial charge in [-0.2, -0.15) is 0 Å². The molecule has 3 rings (SSSR count). The summed E-state index contributed by atoms with van der Waals surface area (Å²) in [6, 6.07) is 8.95. The summed E-state index contributed by atoms with van der Waals surface area (Å²) in [6.45, 7) is 3.83. The van der Waals surface area contributed by atoms with E-state index in [4.69, 9.17) is 9.47 Å². The van der Waals surface area contributed by atoms with Gasteiger partial charge in [0.1, 0.15) is 11.9 Å². The lowest BCUT2D eigenvalue weighted by atomic mass is 9.89. The summed E-state index contributed by atoms with van der Waals surface area (Å²) >= 11 is 0. The van der Waals surface area contributed by atoms with E-state index in [1.165, 1.54) is 5.56 Å². The number of benzene rings is 1. The zero-order valence-corrected chi connectivity index (χ0v) is 10.9. The Bertz CT molecular complexity index is 376. The smallest absolute Gasteiger partial charge is 0.123 e. The van der Waals surface area contributed by atoms with E-state index in [2.05, 4.69) is 30.4 Å². The molecule has 1 aliphatic heterocycles. The van der Waals surface area contributed by atoms with Crippen molar-refractivity contribution in [2.45, 2.75) is 44.4 Å². The molecule has 0 bridgehead atoms. The first-order valence-electron chi connectivity index (χ1n) is 6.94. The molecule has 0 spiro atoms. The molecule has 2 aliphatic rings. The number of hydrogen-bond donors (Lipinski definition) is 1. The Morgan fingerprint density at radius 1 is 1.33 bits per heavy atom. The Labute approximate surface area is 108 Å². The maximum absolute atomic E-state index is 5.91. The van der Waals surface area contributed by atoms with Crippen molar-refractivity contribution >= 4 is 0 Å². The fraction of sp³-hybridized carbons (Fsp3) is 0.600. The number of para-hydroxylation sites is 1. The van der Waals surface area contributed by atoms with Gasteiger partial charge in [0.15, 0.2) is 0 Å². The molecule has 0 saturated heterocycles. The minimum absolute atomic E-state index is 0.300. The van der Waals surface area contributed by atoms with Crippen LogP contribution in [0.3, 0.4) is 0 Å². The van der Waals surface area contributed by atoms with Gasteiger partial charge in [-0.05, 0) is 31.4 Å². The van der Waals surface area contributed by atoms with Crippen LogP contribution in [0.15, 0.2) is 24.3 Å². The molecule has 18 heavy (non-hydrogen) atoms. The molecule has 98 valence electrons. The predicted molar refractivity (Wildman–Crippen MR) is 71.0 cm³/mol. The van der Waals surface area contributed by atoms with Crippen molar-refractivity contribution in [2.75, 3.05) is 13.2 Å². The van der Waals surface area contributed by atoms with Crippen LogP contribution in [0.5, 0.6) is 5.75 Å². The Hall–Kier alpha value is -1.06. The molecule has 1 aromatic rings. The average molecular weight is 247 g/mol. The van der Waals surface area contributed by atoms with Crippen molar-refractivity contribution in [3.63, 3.8) is 0 Å². The summed E-state index contributed by atoms with van der Waals surface area (Å²) in [5.41, 5.74) is 1.34. The quantitative estimate of drug-likeness (QED) is 0.865. The summed E-state index contributed by atoms with van der Waals surface area (Å²) < 4.78 is 11.5. The fourth-order valence-corrected chi connectivity index (χ4v) is 2.77. The van der Waals surface area contributed by atoms with Crippen LogP contribution in [-0.2, 0) is 11.2 Å². The molecule has 3 heteroatoms. The highest BCUT2D eigenvalue weighted by Crippen LogP contribution is 2.28. The normalized spacial score (nSPS) is 29.5. The number of fused-ring (bicyclic) bond motifs is 1. The Kier molecular flexibility index (Phi) is 3.52. The maximum Gasteiger partial charge on any atom is 0.123 e. The number of ether oxygens (including phenoxy) is 2. The number of rotatable bonds is 5. The predicted octanol–water partition coefficient (Wildman–Crippen LogP) is 2.15. The second-order valence-corrected chi connectivity index (χ2v) is 5.21. The summed E-state index contributed by atoms with van der Waals surface area (Å²) in [5.74, 6) is 1.06. The van der Waals surface area contributed by atoms with Gasteiger partial charge in [-0.1, -0.05) is 18.2 Å². The van der Waals surface area contributed by atoms with E-state index in [9.17, 15) is 0 Å². The molecule has 0 aromatic heterocycles. The van der Waals surface area contributed by atoms with Gasteiger partial charge >= 0.3 is 0 Å². The first kappa shape index (κ1) is 12.0. The van der Waals surface area contributed by atoms with Crippen molar-refractivity contribution in [3.8, 4) is 5.75 Å². The summed E-state index contributed by atoms with van der Waals surface area (Å²) in [4.78, 5) is 0. The van der Waals surface area contributed by atoms with Gasteiger partial charge in [-0.3, -0.25) is 0 Å². The topological polar surface area (TPSA) is 30.5 Å². The second kappa shape index (κ2) is 5.29. The summed E-state index contributed by atoms with van der Waals surface area (Å²) in [5, 5.41) is 3.58. The second-order valence-electron chi connectivity index (χ2n) is 5.21. The molecule has 1 aliphatic carbocycles. The van der Waals surface area contributed by atoms with Gasteiger partial charge in [0.05, 0.1) is 6.10 Å². The molecule has 1 aromatic carbocycles. The molecule has 1 heterocycles. The van der Waals surface area contributed by atoms with Gasteiger partial charge in [-0.25, -0.2) is 0 Å². The zero-order chi connectivity index (χ0) is 12.4. The van der Waals surface area contributed by atoms with Crippen LogP contribution in [0.4, 0.5) is 0 Å². The van der Waals surface area contributed by atoms with Gasteiger partial charge in [0.2, 0.25) is 0 Å². The van der Waals surface area contributed by atoms with Crippen LogP contribution in [0.1, 0.15) is 25.3 Å². The highest BCUT2D eigenvalue weighted by Gasteiger charge is 2.30. The van der Waals surface area contributed by atoms with E-state index in [-0.39, 0.29) is 0 Å². The highest BCUT2D eigenvalue weighted by atomic mass is 16.5. The molecule has 1 saturated carbocycles. The van der Waals surface area contributed by atoms with Crippen molar-refractivity contribution in [2.24, 2.45) is 0 Å². The van der Waals surface area contributed by atoms with Crippen molar-refractivity contribution < 1.29 is 9.47 Å². The molecule has 3 nitrogen and oxygen atoms in total. The van der Waals surface area contributed by atoms with Crippen LogP contribution in [0.25, 0.3) is 0 Å². The third kappa shape index (κ3) is 2.52. The third-order valence-electron chi connectivity index (χ3n) is 3.85. The molecule has 1 unspecified atom stereocenters. The van der Waals surface area contributed by atoms with E-state index in [1.54, 1.807) is 0 Å². The van der Waals surface area contributed by atoms with Crippen LogP contribution >= 0.6 is 0 Å². The van der Waals surface area contributed by atoms with Crippen LogP contribution < -0.4 is 10.1 Å². The molecule has 0 amide bonds. The molecule has 0 radical (unpaired) electrons. The lowest BCUT2D eigenvalue weighted by Gasteiger charge is -2.36. The summed E-state index contributed by atoms with van der Waals surface area (Å²) in [6.07, 6.45) is 4.11. The standard InChI is InChI=1S/C15H21NO2/c1-2-17-13-8-12(9-13)16-10-14-7-11-5-3-4-6-15(11)18-14/h3-6,12-14,16H,2,7-10H2,1H3. The van der Waals surface area contributed by atoms with Crippen LogP contribution in [0, 0.1) is 0 Å². The number of hydrogen-bond acceptors (Lipinski definition) is 3. The van der Waals surface area contributed by atoms with E-state index in [0.717, 1.165) is 38.2 Å². The highest BCUT2D eigenvalue weighted by molar-refractivity contribution is 5.37. The van der Waals surface area contributed by atoms with Gasteiger partial charge in [0.25, 0.3) is 0 Å². The van der Waals surface area contributed by atoms with Crippen molar-refractivity contribution in [1.29, 1.82) is 0 Å². The molecular formula is C15H21NO2. The minimum Gasteiger partial charge on any atom is -0.488 e. The first-order chi connectivity index (χ1) is 8.85. The lowest BCUT2D eigenvalue weighted by Crippen LogP contribution is -2.48. The van der Waals surface area contributed by atoms with Crippen LogP contribution in [-0.4, -0.2) is 31.4 Å². The molecule has 1 atom stereocenters. The summed E-state index contributed by atoms with van der Waals surface area (Å²) in [7, 11) is 0. The number of nitrogens with one attached hydrogen (secondary N) is 1. The monoisotopic (exact) mass is 247 g/mol. The van der Waals surface area contributed by atoms with Gasteiger partial charge in [-0.15, -0.1) is 0 Å². The Morgan fingerprint density at radius 2 is 2.17 bits per heavy atom. The largest absolute Gasteiger partial charge is 0.488 e. The lowest BCUT2D eigenvalue weighted by molar-refractivity contribution is -0.0114. The van der Waals surface area contributed by atoms with Gasteiger partial charge in [0, 0.05) is 25.6 Å². The van der Waals surface area contributed by atoms with E-state index in [0.29, 0.717) is 18.2 Å². The molecular weight excluding hydrogens is 226 g/mol. The molecule has 1 N–H and O–H groups in total. The van der Waals surface area contributed by atoms with Crippen molar-refractivity contribution in [1.82, 2.24) is 5.32 Å². The zero-order valence-electron chi connectivity index (χ0n) is 10.9. The minimum atomic E-state index is 0.300. The average Bonchev–Trinajstić information content (AvgIpc) is 2.74. The van der Waals surface area contributed by atoms with Crippen molar-refractivity contribution in [3.05, 3.63) is 29.8 Å². The maximum atomic E-state index is 5.91. The van der Waals surface area contributed by atoms with E-state index < -0.39 is 0 Å². The fourth-order valence-electron chi connectivity index (χ4n) is 2.77. The Balaban J connectivity index is 1.39. The SMILES string of the molecule is CCOC1CC(NCC2Cc3ccccc3O2)C1. The third-order valence-corrected chi connectivity index (χ3v) is 3.85. The first-order valence-corrected chi connectivity index (χ1v) is 6.94. The van der Waals surface area contributed by atoms with E-state index >= 15 is 0 Å². The Morgan fingerprint density at radius 3 is 2.94 bits per heavy atom. The van der Waals surface area contributed by atoms with Crippen LogP contribution in [0.2, 0.25) is 0 Å².